The molecule has 236 valence electrons. The molecule has 0 aromatic heterocycles. The molecule has 1 heterocycles. The van der Waals surface area contributed by atoms with Crippen molar-refractivity contribution < 1.29 is 32.3 Å². The number of aromatic hydroxyl groups is 1. The molecule has 0 amide bonds. The van der Waals surface area contributed by atoms with Crippen LogP contribution in [0, 0.1) is 0 Å². The smallest absolute Gasteiger partial charge is 0.416 e. The molecule has 0 saturated carbocycles. The van der Waals surface area contributed by atoms with Crippen LogP contribution in [0.4, 0.5) is 13.2 Å². The first-order chi connectivity index (χ1) is 20.4. The van der Waals surface area contributed by atoms with E-state index in [2.05, 4.69) is 18.1 Å². The molecular formula is C32H42F3N3O4S. The normalized spacial score (nSPS) is 17.6. The summed E-state index contributed by atoms with van der Waals surface area (Å²) in [5.41, 5.74) is 0.307. The Kier molecular flexibility index (Phi) is 14.0. The van der Waals surface area contributed by atoms with Crippen LogP contribution in [-0.2, 0) is 17.2 Å². The maximum atomic E-state index is 13.8. The SMILES string of the molecule is C=C/C=C(\C)O.C=CCC1C(c2ccc(O)cc2)N=C(c2ccc(C(F)(F)F)cc2OCC)N1S(=O)CCN(CC)CC. The Balaban J connectivity index is 0.000000973. The van der Waals surface area contributed by atoms with Gasteiger partial charge in [-0.25, -0.2) is 4.21 Å². The molecule has 1 aliphatic rings. The summed E-state index contributed by atoms with van der Waals surface area (Å²) in [5.74, 6) is 1.09. The summed E-state index contributed by atoms with van der Waals surface area (Å²) in [7, 11) is -1.53. The topological polar surface area (TPSA) is 85.6 Å². The van der Waals surface area contributed by atoms with Gasteiger partial charge in [-0.05, 0) is 75.3 Å². The van der Waals surface area contributed by atoms with Crippen LogP contribution < -0.4 is 4.74 Å². The number of benzene rings is 2. The molecule has 0 spiro atoms. The average Bonchev–Trinajstić information content (AvgIpc) is 3.33. The number of phenolic OH excluding ortho intramolecular Hbond substituents is 1. The molecule has 0 fully saturated rings. The molecule has 3 unspecified atom stereocenters. The number of aliphatic imine (C=N–C) groups is 1. The molecule has 43 heavy (non-hydrogen) atoms. The Hall–Kier alpha value is -3.57. The molecule has 3 rings (SSSR count). The van der Waals surface area contributed by atoms with Gasteiger partial charge in [-0.2, -0.15) is 13.2 Å². The Morgan fingerprint density at radius 3 is 2.28 bits per heavy atom. The zero-order valence-electron chi connectivity index (χ0n) is 25.2. The first kappa shape index (κ1) is 35.6. The number of amidine groups is 1. The zero-order chi connectivity index (χ0) is 32.2. The highest BCUT2D eigenvalue weighted by atomic mass is 32.2. The van der Waals surface area contributed by atoms with Gasteiger partial charge in [0.25, 0.3) is 0 Å². The number of aliphatic hydroxyl groups excluding tert-OH is 1. The van der Waals surface area contributed by atoms with E-state index in [-0.39, 0.29) is 24.1 Å². The fraction of sp³-hybridized carbons (Fsp3) is 0.406. The highest BCUT2D eigenvalue weighted by Crippen LogP contribution is 2.40. The lowest BCUT2D eigenvalue weighted by atomic mass is 9.98. The Morgan fingerprint density at radius 1 is 1.14 bits per heavy atom. The third-order valence-electron chi connectivity index (χ3n) is 6.68. The second-order valence-corrected chi connectivity index (χ2v) is 11.1. The van der Waals surface area contributed by atoms with Gasteiger partial charge in [-0.1, -0.05) is 44.7 Å². The Labute approximate surface area is 255 Å². The predicted molar refractivity (Wildman–Crippen MR) is 168 cm³/mol. The third kappa shape index (κ3) is 10.00. The minimum absolute atomic E-state index is 0.0329. The van der Waals surface area contributed by atoms with Crippen LogP contribution in [-0.4, -0.2) is 67.5 Å². The molecule has 11 heteroatoms. The highest BCUT2D eigenvalue weighted by Gasteiger charge is 2.41. The summed E-state index contributed by atoms with van der Waals surface area (Å²) in [6.45, 7) is 17.0. The fourth-order valence-electron chi connectivity index (χ4n) is 4.53. The summed E-state index contributed by atoms with van der Waals surface area (Å²) >= 11 is 0. The van der Waals surface area contributed by atoms with E-state index >= 15 is 0 Å². The van der Waals surface area contributed by atoms with Crippen molar-refractivity contribution in [1.82, 2.24) is 9.21 Å². The van der Waals surface area contributed by atoms with Crippen LogP contribution in [0.2, 0.25) is 0 Å². The van der Waals surface area contributed by atoms with E-state index in [1.807, 2.05) is 13.8 Å². The van der Waals surface area contributed by atoms with Gasteiger partial charge in [0.05, 0.1) is 41.3 Å². The lowest BCUT2D eigenvalue weighted by Gasteiger charge is -2.30. The highest BCUT2D eigenvalue weighted by molar-refractivity contribution is 7.83. The number of ether oxygens (including phenoxy) is 1. The van der Waals surface area contributed by atoms with E-state index in [1.165, 1.54) is 18.2 Å². The Morgan fingerprint density at radius 2 is 1.79 bits per heavy atom. The quantitative estimate of drug-likeness (QED) is 0.140. The molecule has 0 bridgehead atoms. The van der Waals surface area contributed by atoms with Gasteiger partial charge in [0.2, 0.25) is 0 Å². The fourth-order valence-corrected chi connectivity index (χ4v) is 5.99. The van der Waals surface area contributed by atoms with E-state index in [9.17, 15) is 22.5 Å². The minimum atomic E-state index is -4.53. The van der Waals surface area contributed by atoms with Crippen molar-refractivity contribution >= 4 is 16.8 Å². The van der Waals surface area contributed by atoms with Crippen LogP contribution >= 0.6 is 0 Å². The number of halogens is 3. The number of aliphatic hydroxyl groups is 1. The minimum Gasteiger partial charge on any atom is -0.513 e. The second kappa shape index (κ2) is 16.9. The standard InChI is InChI=1S/C27H34F3N3O3S.C5H8O/c1-5-9-23-25(19-10-13-21(34)14-11-19)31-26(33(23)37(35)17-16-32(6-2)7-3)22-15-12-20(27(28,29)30)18-24(22)36-8-4;1-3-4-5(2)6/h5,10-15,18,23,25,34H,1,6-9,16-17H2,2-4H3;3-4,6H,1H2,2H3/b;5-4+. The number of nitrogens with zero attached hydrogens (tertiary/aromatic N) is 3. The first-order valence-corrected chi connectivity index (χ1v) is 15.4. The Bertz CT molecular complexity index is 1290. The number of rotatable bonds is 13. The van der Waals surface area contributed by atoms with Gasteiger partial charge in [0.15, 0.2) is 0 Å². The van der Waals surface area contributed by atoms with Crippen LogP contribution in [0.5, 0.6) is 11.5 Å². The third-order valence-corrected chi connectivity index (χ3v) is 8.10. The molecular weight excluding hydrogens is 579 g/mol. The lowest BCUT2D eigenvalue weighted by molar-refractivity contribution is -0.137. The molecule has 0 aliphatic carbocycles. The lowest BCUT2D eigenvalue weighted by Crippen LogP contribution is -2.42. The van der Waals surface area contributed by atoms with Crippen molar-refractivity contribution in [3.63, 3.8) is 0 Å². The van der Waals surface area contributed by atoms with E-state index in [1.54, 1.807) is 48.5 Å². The maximum absolute atomic E-state index is 13.8. The predicted octanol–water partition coefficient (Wildman–Crippen LogP) is 7.20. The van der Waals surface area contributed by atoms with Crippen molar-refractivity contribution in [2.45, 2.75) is 52.4 Å². The molecule has 2 aromatic rings. The molecule has 3 atom stereocenters. The molecule has 2 aromatic carbocycles. The van der Waals surface area contributed by atoms with Gasteiger partial charge >= 0.3 is 6.18 Å². The van der Waals surface area contributed by atoms with Gasteiger partial charge in [0, 0.05) is 6.54 Å². The molecule has 1 aliphatic heterocycles. The average molecular weight is 622 g/mol. The van der Waals surface area contributed by atoms with Gasteiger partial charge < -0.3 is 19.8 Å². The van der Waals surface area contributed by atoms with E-state index in [0.29, 0.717) is 35.9 Å². The number of hydrogen-bond acceptors (Lipinski definition) is 6. The van der Waals surface area contributed by atoms with Crippen molar-refractivity contribution in [3.8, 4) is 11.5 Å². The largest absolute Gasteiger partial charge is 0.513 e. The summed E-state index contributed by atoms with van der Waals surface area (Å²) in [5, 5.41) is 18.1. The van der Waals surface area contributed by atoms with Crippen molar-refractivity contribution in [2.75, 3.05) is 32.0 Å². The summed E-state index contributed by atoms with van der Waals surface area (Å²) in [4.78, 5) is 7.07. The summed E-state index contributed by atoms with van der Waals surface area (Å²) in [6.07, 6.45) is 0.699. The van der Waals surface area contributed by atoms with E-state index in [4.69, 9.17) is 14.8 Å². The van der Waals surface area contributed by atoms with Crippen LogP contribution in [0.1, 0.15) is 56.8 Å². The van der Waals surface area contributed by atoms with Gasteiger partial charge in [0.1, 0.15) is 28.3 Å². The van der Waals surface area contributed by atoms with E-state index in [0.717, 1.165) is 30.8 Å². The van der Waals surface area contributed by atoms with Crippen molar-refractivity contribution in [2.24, 2.45) is 4.99 Å². The number of alkyl halides is 3. The monoisotopic (exact) mass is 621 g/mol. The van der Waals surface area contributed by atoms with Crippen LogP contribution in [0.3, 0.4) is 0 Å². The van der Waals surface area contributed by atoms with Gasteiger partial charge in [-0.15, -0.1) is 6.58 Å². The van der Waals surface area contributed by atoms with Crippen molar-refractivity contribution in [1.29, 1.82) is 0 Å². The molecule has 2 N–H and O–H groups in total. The maximum Gasteiger partial charge on any atom is 0.416 e. The molecule has 0 radical (unpaired) electrons. The number of phenols is 1. The molecule has 7 nitrogen and oxygen atoms in total. The van der Waals surface area contributed by atoms with E-state index < -0.39 is 28.8 Å². The van der Waals surface area contributed by atoms with Crippen LogP contribution in [0.15, 0.2) is 84.6 Å². The number of allylic oxidation sites excluding steroid dienone is 3. The first-order valence-electron chi connectivity index (χ1n) is 14.1. The van der Waals surface area contributed by atoms with Crippen molar-refractivity contribution in [3.05, 3.63) is 96.3 Å². The number of hydrogen-bond donors (Lipinski definition) is 2. The van der Waals surface area contributed by atoms with Crippen LogP contribution in [0.25, 0.3) is 0 Å². The summed E-state index contributed by atoms with van der Waals surface area (Å²) in [6, 6.07) is 9.05. The van der Waals surface area contributed by atoms with Gasteiger partial charge in [-0.3, -0.25) is 9.30 Å². The molecule has 0 saturated heterocycles. The second-order valence-electron chi connectivity index (χ2n) is 9.64. The zero-order valence-corrected chi connectivity index (χ0v) is 26.0. The summed E-state index contributed by atoms with van der Waals surface area (Å²) < 4.78 is 61.5.